The predicted octanol–water partition coefficient (Wildman–Crippen LogP) is 4.15. The summed E-state index contributed by atoms with van der Waals surface area (Å²) in [5, 5.41) is 4.91. The van der Waals surface area contributed by atoms with E-state index in [1.54, 1.807) is 24.5 Å². The van der Waals surface area contributed by atoms with Crippen LogP contribution in [0.2, 0.25) is 0 Å². The average molecular weight is 483 g/mol. The summed E-state index contributed by atoms with van der Waals surface area (Å²) in [7, 11) is 1.58. The number of piperazine rings is 1. The van der Waals surface area contributed by atoms with Gasteiger partial charge in [-0.3, -0.25) is 9.59 Å². The number of methoxy groups -OCH3 is 1. The Kier molecular flexibility index (Phi) is 7.51. The molecule has 1 aliphatic rings. The van der Waals surface area contributed by atoms with Gasteiger partial charge in [0.2, 0.25) is 5.91 Å². The highest BCUT2D eigenvalue weighted by Gasteiger charge is 2.24. The van der Waals surface area contributed by atoms with Crippen LogP contribution in [0, 0.1) is 6.92 Å². The van der Waals surface area contributed by atoms with Gasteiger partial charge < -0.3 is 19.9 Å². The molecule has 1 N–H and O–H groups in total. The Hall–Kier alpha value is -3.04. The number of rotatable bonds is 7. The third-order valence-corrected chi connectivity index (χ3v) is 7.48. The van der Waals surface area contributed by atoms with Gasteiger partial charge in [-0.2, -0.15) is 0 Å². The van der Waals surface area contributed by atoms with E-state index in [2.05, 4.69) is 15.2 Å². The lowest BCUT2D eigenvalue weighted by molar-refractivity contribution is -0.113. The van der Waals surface area contributed by atoms with Crippen LogP contribution in [0.4, 0.5) is 11.4 Å². The minimum atomic E-state index is -0.0518. The molecule has 4 rings (SSSR count). The first-order valence-corrected chi connectivity index (χ1v) is 12.5. The van der Waals surface area contributed by atoms with E-state index in [4.69, 9.17) is 4.74 Å². The van der Waals surface area contributed by atoms with Crippen LogP contribution < -0.4 is 15.0 Å². The lowest BCUT2D eigenvalue weighted by Gasteiger charge is -2.36. The lowest BCUT2D eigenvalue weighted by atomic mass is 10.1. The maximum atomic E-state index is 12.9. The topological polar surface area (TPSA) is 74.8 Å². The first kappa shape index (κ1) is 23.1. The molecule has 1 saturated heterocycles. The van der Waals surface area contributed by atoms with Gasteiger partial charge in [0.05, 0.1) is 18.4 Å². The SMILES string of the molecule is COc1ccccc1C(=O)N1CCN(c2ccc(NC(=O)CSc3nc(C)cs3)cc2)CC1. The van der Waals surface area contributed by atoms with Crippen LogP contribution in [0.1, 0.15) is 16.1 Å². The molecule has 0 atom stereocenters. The summed E-state index contributed by atoms with van der Waals surface area (Å²) >= 11 is 3.00. The Morgan fingerprint density at radius 1 is 1.09 bits per heavy atom. The molecular weight excluding hydrogens is 456 g/mol. The number of carbonyl (C=O) groups is 2. The molecule has 2 aromatic carbocycles. The summed E-state index contributed by atoms with van der Waals surface area (Å²) in [5.74, 6) is 0.874. The van der Waals surface area contributed by atoms with E-state index < -0.39 is 0 Å². The van der Waals surface area contributed by atoms with Gasteiger partial charge in [0.25, 0.3) is 5.91 Å². The van der Waals surface area contributed by atoms with Crippen molar-refractivity contribution < 1.29 is 14.3 Å². The monoisotopic (exact) mass is 482 g/mol. The highest BCUT2D eigenvalue weighted by Crippen LogP contribution is 2.24. The number of hydrogen-bond acceptors (Lipinski definition) is 7. The molecule has 2 heterocycles. The van der Waals surface area contributed by atoms with Gasteiger partial charge in [-0.15, -0.1) is 11.3 Å². The third-order valence-electron chi connectivity index (χ3n) is 5.35. The fourth-order valence-electron chi connectivity index (χ4n) is 3.64. The summed E-state index contributed by atoms with van der Waals surface area (Å²) in [6.45, 7) is 4.72. The number of carbonyl (C=O) groups excluding carboxylic acids is 2. The van der Waals surface area contributed by atoms with Gasteiger partial charge in [0.15, 0.2) is 4.34 Å². The van der Waals surface area contributed by atoms with Crippen molar-refractivity contribution in [2.45, 2.75) is 11.3 Å². The molecule has 0 saturated carbocycles. The predicted molar refractivity (Wildman–Crippen MR) is 134 cm³/mol. The molecule has 172 valence electrons. The quantitative estimate of drug-likeness (QED) is 0.510. The molecule has 0 spiro atoms. The second kappa shape index (κ2) is 10.7. The molecule has 9 heteroatoms. The Labute approximate surface area is 201 Å². The van der Waals surface area contributed by atoms with Crippen LogP contribution >= 0.6 is 23.1 Å². The van der Waals surface area contributed by atoms with E-state index in [0.717, 1.165) is 34.5 Å². The number of nitrogens with one attached hydrogen (secondary N) is 1. The Bertz CT molecular complexity index is 1110. The second-order valence-corrected chi connectivity index (χ2v) is 9.70. The maximum absolute atomic E-state index is 12.9. The standard InChI is InChI=1S/C24H26N4O3S2/c1-17-15-32-24(25-17)33-16-22(29)26-18-7-9-19(10-8-18)27-11-13-28(14-12-27)23(30)20-5-3-4-6-21(20)31-2/h3-10,15H,11-14,16H2,1-2H3,(H,26,29). The Morgan fingerprint density at radius 3 is 2.48 bits per heavy atom. The molecule has 1 fully saturated rings. The minimum absolute atomic E-state index is 0.00376. The van der Waals surface area contributed by atoms with E-state index in [9.17, 15) is 9.59 Å². The first-order chi connectivity index (χ1) is 16.0. The maximum Gasteiger partial charge on any atom is 0.257 e. The number of aryl methyl sites for hydroxylation is 1. The number of thiazole rings is 1. The molecule has 33 heavy (non-hydrogen) atoms. The van der Waals surface area contributed by atoms with E-state index in [-0.39, 0.29) is 11.8 Å². The Morgan fingerprint density at radius 2 is 1.82 bits per heavy atom. The zero-order chi connectivity index (χ0) is 23.2. The summed E-state index contributed by atoms with van der Waals surface area (Å²) in [6, 6.07) is 15.2. The van der Waals surface area contributed by atoms with Crippen LogP contribution in [0.15, 0.2) is 58.3 Å². The van der Waals surface area contributed by atoms with Gasteiger partial charge >= 0.3 is 0 Å². The van der Waals surface area contributed by atoms with Crippen LogP contribution in [0.25, 0.3) is 0 Å². The largest absolute Gasteiger partial charge is 0.496 e. The van der Waals surface area contributed by atoms with Gasteiger partial charge in [0.1, 0.15) is 5.75 Å². The van der Waals surface area contributed by atoms with E-state index in [1.165, 1.54) is 11.8 Å². The number of aromatic nitrogens is 1. The molecule has 0 radical (unpaired) electrons. The van der Waals surface area contributed by atoms with Gasteiger partial charge in [-0.25, -0.2) is 4.98 Å². The van der Waals surface area contributed by atoms with Gasteiger partial charge in [-0.1, -0.05) is 23.9 Å². The fourth-order valence-corrected chi connectivity index (χ4v) is 5.29. The fraction of sp³-hybridized carbons (Fsp3) is 0.292. The molecule has 2 amide bonds. The van der Waals surface area contributed by atoms with Gasteiger partial charge in [-0.05, 0) is 43.3 Å². The molecular formula is C24H26N4O3S2. The van der Waals surface area contributed by atoms with Crippen molar-refractivity contribution in [1.82, 2.24) is 9.88 Å². The molecule has 0 unspecified atom stereocenters. The number of benzene rings is 2. The number of amides is 2. The number of anilines is 2. The molecule has 0 bridgehead atoms. The van der Waals surface area contributed by atoms with E-state index >= 15 is 0 Å². The lowest BCUT2D eigenvalue weighted by Crippen LogP contribution is -2.48. The summed E-state index contributed by atoms with van der Waals surface area (Å²) in [4.78, 5) is 33.6. The van der Waals surface area contributed by atoms with Crippen molar-refractivity contribution in [3.63, 3.8) is 0 Å². The zero-order valence-electron chi connectivity index (χ0n) is 18.6. The van der Waals surface area contributed by atoms with E-state index in [1.807, 2.05) is 59.7 Å². The number of nitrogens with zero attached hydrogens (tertiary/aromatic N) is 3. The van der Waals surface area contributed by atoms with Crippen LogP contribution in [0.3, 0.4) is 0 Å². The van der Waals surface area contributed by atoms with E-state index in [0.29, 0.717) is 30.2 Å². The van der Waals surface area contributed by atoms with Crippen LogP contribution in [0.5, 0.6) is 5.75 Å². The van der Waals surface area contributed by atoms with Crippen molar-refractivity contribution in [2.75, 3.05) is 49.3 Å². The first-order valence-electron chi connectivity index (χ1n) is 10.7. The summed E-state index contributed by atoms with van der Waals surface area (Å²) < 4.78 is 6.24. The average Bonchev–Trinajstić information content (AvgIpc) is 3.28. The molecule has 7 nitrogen and oxygen atoms in total. The molecule has 3 aromatic rings. The molecule has 1 aromatic heterocycles. The highest BCUT2D eigenvalue weighted by atomic mass is 32.2. The van der Waals surface area contributed by atoms with Crippen molar-refractivity contribution >= 4 is 46.3 Å². The van der Waals surface area contributed by atoms with Crippen LogP contribution in [-0.2, 0) is 4.79 Å². The Balaban J connectivity index is 1.27. The molecule has 1 aliphatic heterocycles. The number of ether oxygens (including phenoxy) is 1. The second-order valence-electron chi connectivity index (χ2n) is 7.62. The third kappa shape index (κ3) is 5.85. The normalized spacial score (nSPS) is 13.6. The molecule has 0 aliphatic carbocycles. The number of hydrogen-bond donors (Lipinski definition) is 1. The van der Waals surface area contributed by atoms with Crippen molar-refractivity contribution in [3.8, 4) is 5.75 Å². The van der Waals surface area contributed by atoms with Crippen molar-refractivity contribution in [2.24, 2.45) is 0 Å². The smallest absolute Gasteiger partial charge is 0.257 e. The van der Waals surface area contributed by atoms with Gasteiger partial charge in [0, 0.05) is 48.6 Å². The number of para-hydroxylation sites is 1. The summed E-state index contributed by atoms with van der Waals surface area (Å²) in [6.07, 6.45) is 0. The zero-order valence-corrected chi connectivity index (χ0v) is 20.2. The van der Waals surface area contributed by atoms with Crippen molar-refractivity contribution in [3.05, 3.63) is 65.2 Å². The number of thioether (sulfide) groups is 1. The minimum Gasteiger partial charge on any atom is -0.496 e. The highest BCUT2D eigenvalue weighted by molar-refractivity contribution is 8.01. The van der Waals surface area contributed by atoms with Crippen LogP contribution in [-0.4, -0.2) is 60.7 Å². The summed E-state index contributed by atoms with van der Waals surface area (Å²) in [5.41, 5.74) is 3.41. The van der Waals surface area contributed by atoms with Crippen molar-refractivity contribution in [1.29, 1.82) is 0 Å².